The van der Waals surface area contributed by atoms with Crippen LogP contribution in [0.3, 0.4) is 0 Å². The fourth-order valence-corrected chi connectivity index (χ4v) is 3.17. The maximum absolute atomic E-state index is 12.9. The number of hydrogen-bond donors (Lipinski definition) is 1. The third-order valence-corrected chi connectivity index (χ3v) is 4.81. The first-order valence-corrected chi connectivity index (χ1v) is 8.91. The molecule has 0 saturated heterocycles. The van der Waals surface area contributed by atoms with E-state index in [-0.39, 0.29) is 11.7 Å². The normalized spacial score (nSPS) is 12.6. The molecule has 2 aliphatic heterocycles. The van der Waals surface area contributed by atoms with Gasteiger partial charge in [0.25, 0.3) is 5.95 Å². The van der Waals surface area contributed by atoms with Gasteiger partial charge in [-0.3, -0.25) is 4.79 Å². The Morgan fingerprint density at radius 2 is 1.93 bits per heavy atom. The number of phenolic OH excluding ortho intramolecular Hbond substituents is 1. The number of hydrogen-bond acceptors (Lipinski definition) is 4. The average Bonchev–Trinajstić information content (AvgIpc) is 3.59. The Labute approximate surface area is 156 Å². The van der Waals surface area contributed by atoms with Gasteiger partial charge in [0.15, 0.2) is 0 Å². The second kappa shape index (κ2) is 6.75. The minimum atomic E-state index is -0.746. The number of phenols is 1. The molecule has 1 N–H and O–H groups in total. The van der Waals surface area contributed by atoms with Gasteiger partial charge < -0.3 is 14.8 Å². The number of benzene rings is 2. The number of aromatic nitrogens is 3. The largest absolute Gasteiger partial charge is 0.508 e. The number of rotatable bonds is 8. The van der Waals surface area contributed by atoms with E-state index in [4.69, 9.17) is 0 Å². The lowest BCUT2D eigenvalue weighted by Gasteiger charge is -2.25. The molecule has 0 fully saturated rings. The van der Waals surface area contributed by atoms with Crippen molar-refractivity contribution < 1.29 is 14.7 Å². The number of nitrogens with zero attached hydrogens (tertiary/aromatic N) is 4. The number of amides is 1. The molecule has 2 aliphatic rings. The van der Waals surface area contributed by atoms with E-state index in [1.807, 2.05) is 35.9 Å². The second-order valence-electron chi connectivity index (χ2n) is 6.60. The zero-order valence-electron chi connectivity index (χ0n) is 14.9. The van der Waals surface area contributed by atoms with Gasteiger partial charge in [-0.2, -0.15) is 4.68 Å². The van der Waals surface area contributed by atoms with Gasteiger partial charge in [0.2, 0.25) is 5.91 Å². The Bertz CT molecular complexity index is 972. The summed E-state index contributed by atoms with van der Waals surface area (Å²) in [5.41, 5.74) is 2.86. The summed E-state index contributed by atoms with van der Waals surface area (Å²) in [5.74, 6) is 0.163. The molecule has 2 aromatic rings. The van der Waals surface area contributed by atoms with E-state index < -0.39 is 5.92 Å². The third kappa shape index (κ3) is 3.36. The molecule has 0 aromatic heterocycles. The van der Waals surface area contributed by atoms with Crippen LogP contribution in [0.4, 0.5) is 0 Å². The monoisotopic (exact) mass is 364 g/mol. The van der Waals surface area contributed by atoms with Crippen LogP contribution in [-0.4, -0.2) is 43.3 Å². The smallest absolute Gasteiger partial charge is 0.288 e. The zero-order chi connectivity index (χ0) is 19.0. The molecule has 0 bridgehead atoms. The van der Waals surface area contributed by atoms with Gasteiger partial charge in [0.1, 0.15) is 12.0 Å². The summed E-state index contributed by atoms with van der Waals surface area (Å²) in [6, 6.07) is 14.5. The fraction of sp³-hybridized carbons (Fsp3) is 0.250. The Hall–Kier alpha value is -3.35. The Morgan fingerprint density at radius 1 is 1.22 bits per heavy atom. The summed E-state index contributed by atoms with van der Waals surface area (Å²) in [5, 5.41) is 13.4. The highest BCUT2D eigenvalue weighted by atomic mass is 16.3. The highest BCUT2D eigenvalue weighted by Gasteiger charge is 2.36. The van der Waals surface area contributed by atoms with Gasteiger partial charge in [-0.1, -0.05) is 30.3 Å². The molecule has 2 heterocycles. The van der Waals surface area contributed by atoms with Crippen molar-refractivity contribution in [3.05, 3.63) is 59.7 Å². The Morgan fingerprint density at radius 3 is 2.52 bits per heavy atom. The van der Waals surface area contributed by atoms with Crippen molar-refractivity contribution in [2.24, 2.45) is 5.92 Å². The number of para-hydroxylation sites is 1. The van der Waals surface area contributed by atoms with Crippen molar-refractivity contribution in [3.63, 3.8) is 0 Å². The van der Waals surface area contributed by atoms with Crippen LogP contribution >= 0.6 is 0 Å². The lowest BCUT2D eigenvalue weighted by molar-refractivity contribution is -0.138. The first kappa shape index (κ1) is 17.1. The number of aromatic hydroxyl groups is 1. The molecule has 0 radical (unpaired) electrons. The van der Waals surface area contributed by atoms with Crippen molar-refractivity contribution in [2.75, 3.05) is 6.54 Å². The second-order valence-corrected chi connectivity index (χ2v) is 6.60. The van der Waals surface area contributed by atoms with E-state index in [0.717, 1.165) is 22.8 Å². The van der Waals surface area contributed by atoms with E-state index in [1.165, 1.54) is 0 Å². The Kier molecular flexibility index (Phi) is 4.27. The molecule has 1 atom stereocenters. The predicted molar refractivity (Wildman–Crippen MR) is 98.9 cm³/mol. The minimum absolute atomic E-state index is 0.160. The van der Waals surface area contributed by atoms with Crippen LogP contribution in [0, 0.1) is 5.92 Å². The van der Waals surface area contributed by atoms with E-state index in [2.05, 4.69) is 5.10 Å². The van der Waals surface area contributed by atoms with Crippen molar-refractivity contribution in [3.8, 4) is 17.4 Å². The van der Waals surface area contributed by atoms with Gasteiger partial charge in [0, 0.05) is 13.1 Å². The zero-order valence-corrected chi connectivity index (χ0v) is 14.9. The maximum Gasteiger partial charge on any atom is 0.288 e. The van der Waals surface area contributed by atoms with E-state index >= 15 is 0 Å². The SMILES string of the molecule is CCN(Cc1ccccc1-n1c2nn1-2)C(=O)C(C=O)Cc1ccc(O)cc1. The maximum atomic E-state index is 12.9. The van der Waals surface area contributed by atoms with E-state index in [9.17, 15) is 14.7 Å². The van der Waals surface area contributed by atoms with Crippen LogP contribution in [0.2, 0.25) is 0 Å². The van der Waals surface area contributed by atoms with Crippen LogP contribution in [0.1, 0.15) is 18.1 Å². The molecule has 4 rings (SSSR count). The summed E-state index contributed by atoms with van der Waals surface area (Å²) in [6.45, 7) is 2.85. The molecule has 2 aromatic carbocycles. The standard InChI is InChI=1S/C20H20N4O3/c1-2-22(12-15-5-3-4-6-18(15)23-20-21-24(20)23)19(27)16(13-25)11-14-7-9-17(26)10-8-14/h3-10,13,16,26H,2,11-12H2,1H3. The minimum Gasteiger partial charge on any atom is -0.508 e. The summed E-state index contributed by atoms with van der Waals surface area (Å²) in [6.07, 6.45) is 1.03. The summed E-state index contributed by atoms with van der Waals surface area (Å²) in [4.78, 5) is 28.0. The van der Waals surface area contributed by atoms with Crippen molar-refractivity contribution in [1.82, 2.24) is 19.5 Å². The van der Waals surface area contributed by atoms with Gasteiger partial charge in [-0.05, 0) is 42.7 Å². The third-order valence-electron chi connectivity index (χ3n) is 4.81. The van der Waals surface area contributed by atoms with Crippen LogP contribution in [0.15, 0.2) is 48.5 Å². The number of carbonyl (C=O) groups excluding carboxylic acids is 2. The van der Waals surface area contributed by atoms with Gasteiger partial charge >= 0.3 is 0 Å². The molecule has 7 heteroatoms. The lowest BCUT2D eigenvalue weighted by atomic mass is 9.98. The summed E-state index contributed by atoms with van der Waals surface area (Å²) >= 11 is 0. The van der Waals surface area contributed by atoms with Crippen LogP contribution in [0.25, 0.3) is 11.6 Å². The topological polar surface area (TPSA) is 80.4 Å². The highest BCUT2D eigenvalue weighted by Crippen LogP contribution is 2.31. The van der Waals surface area contributed by atoms with Crippen LogP contribution in [0.5, 0.6) is 5.75 Å². The number of fused-ring (bicyclic) bond motifs is 1. The predicted octanol–water partition coefficient (Wildman–Crippen LogP) is 2.09. The molecular weight excluding hydrogens is 344 g/mol. The molecule has 1 amide bonds. The van der Waals surface area contributed by atoms with E-state index in [1.54, 1.807) is 34.0 Å². The van der Waals surface area contributed by atoms with E-state index in [0.29, 0.717) is 25.8 Å². The fourth-order valence-electron chi connectivity index (χ4n) is 3.17. The summed E-state index contributed by atoms with van der Waals surface area (Å²) < 4.78 is 1.99. The van der Waals surface area contributed by atoms with Crippen molar-refractivity contribution in [1.29, 1.82) is 0 Å². The van der Waals surface area contributed by atoms with Gasteiger partial charge in [-0.25, -0.2) is 0 Å². The lowest BCUT2D eigenvalue weighted by Crippen LogP contribution is -2.37. The van der Waals surface area contributed by atoms with Crippen molar-refractivity contribution in [2.45, 2.75) is 19.9 Å². The molecule has 0 saturated carbocycles. The Balaban J connectivity index is 1.49. The van der Waals surface area contributed by atoms with Crippen LogP contribution < -0.4 is 0 Å². The average molecular weight is 364 g/mol. The molecule has 7 nitrogen and oxygen atoms in total. The highest BCUT2D eigenvalue weighted by molar-refractivity contribution is 5.92. The molecule has 1 unspecified atom stereocenters. The molecular formula is C20H20N4O3. The molecule has 0 aliphatic carbocycles. The summed E-state index contributed by atoms with van der Waals surface area (Å²) in [7, 11) is 0. The molecule has 0 spiro atoms. The van der Waals surface area contributed by atoms with Gasteiger partial charge in [-0.15, -0.1) is 9.90 Å². The molecule has 27 heavy (non-hydrogen) atoms. The number of carbonyl (C=O) groups is 2. The first-order valence-electron chi connectivity index (χ1n) is 8.91. The first-order chi connectivity index (χ1) is 13.1. The van der Waals surface area contributed by atoms with Gasteiger partial charge in [0.05, 0.1) is 11.6 Å². The van der Waals surface area contributed by atoms with Crippen LogP contribution in [-0.2, 0) is 22.6 Å². The molecule has 138 valence electrons. The quantitative estimate of drug-likeness (QED) is 0.383. The van der Waals surface area contributed by atoms with Crippen molar-refractivity contribution >= 4 is 12.2 Å². The number of aldehydes is 1.